The quantitative estimate of drug-likeness (QED) is 0.366. The number of aliphatic hydroxyl groups excluding tert-OH is 2. The molecular formula is C19H24N4O8S2. The van der Waals surface area contributed by atoms with E-state index in [1.54, 1.807) is 17.0 Å². The van der Waals surface area contributed by atoms with Gasteiger partial charge in [-0.2, -0.15) is 13.7 Å². The molecule has 0 saturated carbocycles. The number of amides is 1. The fraction of sp³-hybridized carbons (Fsp3) is 0.526. The number of furan rings is 1. The lowest BCUT2D eigenvalue weighted by atomic mass is 10.00. The first-order valence-corrected chi connectivity index (χ1v) is 12.3. The molecule has 0 aromatic carbocycles. The van der Waals surface area contributed by atoms with Crippen LogP contribution in [0.4, 0.5) is 0 Å². The van der Waals surface area contributed by atoms with Gasteiger partial charge in [0, 0.05) is 11.4 Å². The summed E-state index contributed by atoms with van der Waals surface area (Å²) in [5.74, 6) is -0.811. The standard InChI is InChI=1S/C19H24N4O8S2/c1-3-9(2)14(21)18(26)23-33(27,28)30-7-13-15(24)16(25)17(31-13)19-22-11(8-32-19)12-4-10(5-20)6-29-12/h4,6,8-9,13-17,24-25H,3,7,21H2,1-2H3,(H,23,26)/t9?,13-,14+,15-,16-,17-/m1/s1. The van der Waals surface area contributed by atoms with E-state index in [2.05, 4.69) is 4.98 Å². The first-order chi connectivity index (χ1) is 15.6. The van der Waals surface area contributed by atoms with Gasteiger partial charge in [0.2, 0.25) is 0 Å². The number of hydrogen-bond donors (Lipinski definition) is 4. The Bertz CT molecular complexity index is 1130. The van der Waals surface area contributed by atoms with E-state index in [9.17, 15) is 23.4 Å². The van der Waals surface area contributed by atoms with Gasteiger partial charge in [-0.25, -0.2) is 9.71 Å². The number of nitrogens with two attached hydrogens (primary N) is 1. The molecule has 180 valence electrons. The van der Waals surface area contributed by atoms with E-state index in [0.29, 0.717) is 28.4 Å². The van der Waals surface area contributed by atoms with Gasteiger partial charge in [0.05, 0.1) is 18.2 Å². The molecular weight excluding hydrogens is 476 g/mol. The number of thiazole rings is 1. The number of carbonyl (C=O) groups is 1. The number of carbonyl (C=O) groups excluding carboxylic acids is 1. The molecule has 1 fully saturated rings. The number of nitrogens with zero attached hydrogens (tertiary/aromatic N) is 2. The summed E-state index contributed by atoms with van der Waals surface area (Å²) < 4.78 is 41.5. The van der Waals surface area contributed by atoms with Gasteiger partial charge in [0.1, 0.15) is 47.4 Å². The minimum absolute atomic E-state index is 0.244. The van der Waals surface area contributed by atoms with Crippen molar-refractivity contribution >= 4 is 27.5 Å². The molecule has 12 nitrogen and oxygen atoms in total. The zero-order valence-electron chi connectivity index (χ0n) is 17.7. The smallest absolute Gasteiger partial charge is 0.362 e. The molecule has 33 heavy (non-hydrogen) atoms. The number of nitrogens with one attached hydrogen (secondary N) is 1. The Labute approximate surface area is 194 Å². The summed E-state index contributed by atoms with van der Waals surface area (Å²) in [6.45, 7) is 2.87. The summed E-state index contributed by atoms with van der Waals surface area (Å²) >= 11 is 1.13. The van der Waals surface area contributed by atoms with Crippen molar-refractivity contribution in [1.29, 1.82) is 5.26 Å². The second-order valence-corrected chi connectivity index (χ2v) is 9.81. The predicted octanol–water partition coefficient (Wildman–Crippen LogP) is 0.187. The molecule has 2 aromatic heterocycles. The Morgan fingerprint density at radius 3 is 2.82 bits per heavy atom. The van der Waals surface area contributed by atoms with Crippen LogP contribution < -0.4 is 10.5 Å². The van der Waals surface area contributed by atoms with Gasteiger partial charge in [0.25, 0.3) is 5.91 Å². The Morgan fingerprint density at radius 2 is 2.18 bits per heavy atom. The Kier molecular flexibility index (Phi) is 7.85. The zero-order chi connectivity index (χ0) is 24.3. The molecule has 1 aliphatic rings. The maximum absolute atomic E-state index is 12.1. The lowest BCUT2D eigenvalue weighted by Crippen LogP contribution is -2.47. The van der Waals surface area contributed by atoms with Crippen molar-refractivity contribution in [2.24, 2.45) is 11.7 Å². The summed E-state index contributed by atoms with van der Waals surface area (Å²) in [5.41, 5.74) is 6.44. The molecule has 1 unspecified atom stereocenters. The molecule has 0 spiro atoms. The second kappa shape index (κ2) is 10.3. The van der Waals surface area contributed by atoms with Crippen LogP contribution in [0.1, 0.15) is 36.9 Å². The SMILES string of the molecule is CCC(C)[C@H](N)C(=O)NS(=O)(=O)OC[C@H]1O[C@@H](c2nc(-c3cc(C#N)co3)cs2)[C@H](O)[C@@H]1O. The Balaban J connectivity index is 1.62. The van der Waals surface area contributed by atoms with Crippen LogP contribution in [0.15, 0.2) is 22.1 Å². The molecule has 5 N–H and O–H groups in total. The highest BCUT2D eigenvalue weighted by atomic mass is 32.2. The van der Waals surface area contributed by atoms with E-state index in [1.807, 2.05) is 13.0 Å². The molecule has 6 atom stereocenters. The third-order valence-electron chi connectivity index (χ3n) is 5.28. The largest absolute Gasteiger partial charge is 0.461 e. The highest BCUT2D eigenvalue weighted by Crippen LogP contribution is 2.37. The number of nitriles is 1. The molecule has 3 rings (SSSR count). The minimum atomic E-state index is -4.51. The van der Waals surface area contributed by atoms with Crippen molar-refractivity contribution in [2.75, 3.05) is 6.61 Å². The molecule has 3 heterocycles. The molecule has 14 heteroatoms. The molecule has 1 aliphatic heterocycles. The third-order valence-corrected chi connectivity index (χ3v) is 7.09. The van der Waals surface area contributed by atoms with Crippen LogP contribution in [0.5, 0.6) is 0 Å². The van der Waals surface area contributed by atoms with E-state index < -0.39 is 53.3 Å². The average Bonchev–Trinajstić information content (AvgIpc) is 3.51. The second-order valence-electron chi connectivity index (χ2n) is 7.58. The minimum Gasteiger partial charge on any atom is -0.461 e. The van der Waals surface area contributed by atoms with Crippen molar-refractivity contribution in [3.05, 3.63) is 28.3 Å². The topological polar surface area (TPSA) is 198 Å². The summed E-state index contributed by atoms with van der Waals surface area (Å²) in [5, 5.41) is 31.5. The number of aliphatic hydroxyl groups is 2. The van der Waals surface area contributed by atoms with Crippen LogP contribution in [0.25, 0.3) is 11.5 Å². The van der Waals surface area contributed by atoms with Crippen molar-refractivity contribution in [3.63, 3.8) is 0 Å². The number of aromatic nitrogens is 1. The summed E-state index contributed by atoms with van der Waals surface area (Å²) in [6.07, 6.45) is -3.27. The van der Waals surface area contributed by atoms with Crippen LogP contribution in [0.2, 0.25) is 0 Å². The van der Waals surface area contributed by atoms with Gasteiger partial charge in [-0.3, -0.25) is 8.98 Å². The van der Waals surface area contributed by atoms with Gasteiger partial charge < -0.3 is 25.1 Å². The maximum Gasteiger partial charge on any atom is 0.362 e. The Morgan fingerprint density at radius 1 is 1.45 bits per heavy atom. The van der Waals surface area contributed by atoms with E-state index in [4.69, 9.17) is 24.3 Å². The van der Waals surface area contributed by atoms with E-state index >= 15 is 0 Å². The van der Waals surface area contributed by atoms with Crippen LogP contribution >= 0.6 is 11.3 Å². The van der Waals surface area contributed by atoms with Gasteiger partial charge in [-0.15, -0.1) is 11.3 Å². The number of ether oxygens (including phenoxy) is 1. The zero-order valence-corrected chi connectivity index (χ0v) is 19.4. The van der Waals surface area contributed by atoms with Gasteiger partial charge in [0.15, 0.2) is 5.76 Å². The first-order valence-electron chi connectivity index (χ1n) is 9.98. The molecule has 0 radical (unpaired) electrons. The fourth-order valence-electron chi connectivity index (χ4n) is 3.04. The van der Waals surface area contributed by atoms with Crippen LogP contribution in [0, 0.1) is 17.2 Å². The van der Waals surface area contributed by atoms with E-state index in [0.717, 1.165) is 11.3 Å². The highest BCUT2D eigenvalue weighted by Gasteiger charge is 2.45. The summed E-state index contributed by atoms with van der Waals surface area (Å²) in [6, 6.07) is 2.40. The third kappa shape index (κ3) is 5.76. The number of rotatable bonds is 9. The molecule has 1 saturated heterocycles. The van der Waals surface area contributed by atoms with Gasteiger partial charge in [-0.1, -0.05) is 20.3 Å². The lowest BCUT2D eigenvalue weighted by Gasteiger charge is -2.18. The van der Waals surface area contributed by atoms with Crippen LogP contribution in [-0.2, 0) is 24.0 Å². The highest BCUT2D eigenvalue weighted by molar-refractivity contribution is 7.85. The molecule has 0 aliphatic carbocycles. The first kappa shape index (κ1) is 25.2. The molecule has 1 amide bonds. The van der Waals surface area contributed by atoms with Gasteiger partial charge >= 0.3 is 10.3 Å². The molecule has 2 aromatic rings. The van der Waals surface area contributed by atoms with Crippen LogP contribution in [0.3, 0.4) is 0 Å². The van der Waals surface area contributed by atoms with E-state index in [-0.39, 0.29) is 5.92 Å². The predicted molar refractivity (Wildman–Crippen MR) is 115 cm³/mol. The monoisotopic (exact) mass is 500 g/mol. The molecule has 0 bridgehead atoms. The fourth-order valence-corrected chi connectivity index (χ4v) is 4.68. The number of hydrogen-bond acceptors (Lipinski definition) is 12. The maximum atomic E-state index is 12.1. The summed E-state index contributed by atoms with van der Waals surface area (Å²) in [7, 11) is -4.51. The van der Waals surface area contributed by atoms with Crippen molar-refractivity contribution < 1.29 is 36.8 Å². The average molecular weight is 501 g/mol. The van der Waals surface area contributed by atoms with Crippen molar-refractivity contribution in [1.82, 2.24) is 9.71 Å². The van der Waals surface area contributed by atoms with Crippen molar-refractivity contribution in [3.8, 4) is 17.5 Å². The lowest BCUT2D eigenvalue weighted by molar-refractivity contribution is -0.121. The normalized spacial score (nSPS) is 24.8. The Hall–Kier alpha value is -2.38. The van der Waals surface area contributed by atoms with Crippen molar-refractivity contribution in [2.45, 2.75) is 50.7 Å². The van der Waals surface area contributed by atoms with Crippen LogP contribution in [-0.4, -0.2) is 60.5 Å². The van der Waals surface area contributed by atoms with E-state index in [1.165, 1.54) is 12.3 Å². The summed E-state index contributed by atoms with van der Waals surface area (Å²) in [4.78, 5) is 16.3. The van der Waals surface area contributed by atoms with Gasteiger partial charge in [-0.05, 0) is 5.92 Å².